The molecule has 3 aromatic rings. The van der Waals surface area contributed by atoms with Crippen LogP contribution in [0.4, 0.5) is 11.4 Å². The average Bonchev–Trinajstić information content (AvgIpc) is 3.22. The summed E-state index contributed by atoms with van der Waals surface area (Å²) in [6, 6.07) is 13.5. The van der Waals surface area contributed by atoms with E-state index in [1.165, 1.54) is 16.7 Å². The lowest BCUT2D eigenvalue weighted by atomic mass is 10.0. The number of aryl methyl sites for hydroxylation is 1. The number of thioether (sulfide) groups is 1. The van der Waals surface area contributed by atoms with E-state index >= 15 is 0 Å². The summed E-state index contributed by atoms with van der Waals surface area (Å²) in [5, 5.41) is 12.0. The molecule has 1 aliphatic rings. The number of allylic oxidation sites excluding steroid dienone is 1. The summed E-state index contributed by atoms with van der Waals surface area (Å²) in [5.41, 5.74) is 3.59. The molecule has 2 heterocycles. The zero-order chi connectivity index (χ0) is 24.9. The Morgan fingerprint density at radius 3 is 2.83 bits per heavy atom. The first kappa shape index (κ1) is 24.5. The molecule has 0 aliphatic carbocycles. The number of ether oxygens (including phenoxy) is 1. The van der Waals surface area contributed by atoms with Gasteiger partial charge < -0.3 is 15.0 Å². The lowest BCUT2D eigenvalue weighted by molar-refractivity contribution is -0.120. The monoisotopic (exact) mass is 491 g/mol. The fraction of sp³-hybridized carbons (Fsp3) is 0.308. The highest BCUT2D eigenvalue weighted by atomic mass is 32.2. The molecule has 1 N–H and O–H groups in total. The van der Waals surface area contributed by atoms with Crippen molar-refractivity contribution in [3.63, 3.8) is 0 Å². The summed E-state index contributed by atoms with van der Waals surface area (Å²) in [6.07, 6.45) is 1.76. The minimum absolute atomic E-state index is 0.0104. The van der Waals surface area contributed by atoms with Crippen molar-refractivity contribution in [1.29, 1.82) is 0 Å². The van der Waals surface area contributed by atoms with Gasteiger partial charge in [-0.05, 0) is 42.2 Å². The molecule has 4 rings (SSSR count). The van der Waals surface area contributed by atoms with Gasteiger partial charge in [0, 0.05) is 6.54 Å². The Labute approximate surface area is 209 Å². The van der Waals surface area contributed by atoms with E-state index < -0.39 is 0 Å². The molecule has 0 bridgehead atoms. The van der Waals surface area contributed by atoms with Crippen molar-refractivity contribution >= 4 is 35.0 Å². The number of anilines is 2. The van der Waals surface area contributed by atoms with Crippen LogP contribution in [0.15, 0.2) is 60.3 Å². The fourth-order valence-electron chi connectivity index (χ4n) is 3.89. The van der Waals surface area contributed by atoms with Crippen molar-refractivity contribution in [2.24, 2.45) is 0 Å². The van der Waals surface area contributed by atoms with Crippen LogP contribution in [0.2, 0.25) is 0 Å². The van der Waals surface area contributed by atoms with Gasteiger partial charge in [0.1, 0.15) is 18.9 Å². The van der Waals surface area contributed by atoms with Gasteiger partial charge in [-0.3, -0.25) is 14.2 Å². The summed E-state index contributed by atoms with van der Waals surface area (Å²) in [6.45, 7) is 10.9. The van der Waals surface area contributed by atoms with E-state index in [-0.39, 0.29) is 30.7 Å². The zero-order valence-corrected chi connectivity index (χ0v) is 21.0. The smallest absolute Gasteiger partial charge is 0.244 e. The molecule has 1 aliphatic heterocycles. The quantitative estimate of drug-likeness (QED) is 0.349. The Hall–Kier alpha value is -3.59. The number of fused-ring (bicyclic) bond motifs is 1. The highest BCUT2D eigenvalue weighted by Crippen LogP contribution is 2.31. The predicted octanol–water partition coefficient (Wildman–Crippen LogP) is 4.55. The Morgan fingerprint density at radius 2 is 2.06 bits per heavy atom. The van der Waals surface area contributed by atoms with E-state index in [2.05, 4.69) is 48.1 Å². The molecule has 35 heavy (non-hydrogen) atoms. The zero-order valence-electron chi connectivity index (χ0n) is 20.2. The van der Waals surface area contributed by atoms with Crippen LogP contribution < -0.4 is 15.0 Å². The van der Waals surface area contributed by atoms with Gasteiger partial charge in [-0.1, -0.05) is 56.0 Å². The summed E-state index contributed by atoms with van der Waals surface area (Å²) >= 11 is 1.28. The minimum Gasteiger partial charge on any atom is -0.485 e. The predicted molar refractivity (Wildman–Crippen MR) is 138 cm³/mol. The molecule has 0 spiro atoms. The molecule has 0 unspecified atom stereocenters. The molecule has 182 valence electrons. The lowest BCUT2D eigenvalue weighted by Crippen LogP contribution is -2.43. The molecule has 9 heteroatoms. The second kappa shape index (κ2) is 10.8. The first-order valence-electron chi connectivity index (χ1n) is 11.5. The van der Waals surface area contributed by atoms with Gasteiger partial charge in [0.25, 0.3) is 0 Å². The second-order valence-electron chi connectivity index (χ2n) is 8.62. The van der Waals surface area contributed by atoms with Crippen LogP contribution in [0.5, 0.6) is 5.75 Å². The van der Waals surface area contributed by atoms with E-state index in [4.69, 9.17) is 4.74 Å². The van der Waals surface area contributed by atoms with E-state index in [9.17, 15) is 9.59 Å². The second-order valence-corrected chi connectivity index (χ2v) is 9.56. The van der Waals surface area contributed by atoms with Crippen molar-refractivity contribution < 1.29 is 14.3 Å². The molecule has 0 radical (unpaired) electrons. The van der Waals surface area contributed by atoms with E-state index in [0.717, 1.165) is 16.9 Å². The van der Waals surface area contributed by atoms with E-state index in [1.54, 1.807) is 12.1 Å². The number of carbonyl (C=O) groups excluding carboxylic acids is 2. The van der Waals surface area contributed by atoms with Crippen molar-refractivity contribution in [2.75, 3.05) is 22.5 Å². The molecule has 8 nitrogen and oxygen atoms in total. The number of aromatic nitrogens is 3. The van der Waals surface area contributed by atoms with Crippen molar-refractivity contribution in [2.45, 2.75) is 45.0 Å². The first-order valence-corrected chi connectivity index (χ1v) is 12.4. The largest absolute Gasteiger partial charge is 0.485 e. The van der Waals surface area contributed by atoms with Crippen LogP contribution in [0.25, 0.3) is 0 Å². The highest BCUT2D eigenvalue weighted by Gasteiger charge is 2.27. The lowest BCUT2D eigenvalue weighted by Gasteiger charge is -2.29. The van der Waals surface area contributed by atoms with Crippen LogP contribution in [-0.2, 0) is 22.7 Å². The average molecular weight is 492 g/mol. The molecule has 1 aromatic heterocycles. The number of hydrogen-bond acceptors (Lipinski definition) is 6. The van der Waals surface area contributed by atoms with Gasteiger partial charge in [0.15, 0.2) is 11.0 Å². The number of rotatable bonds is 9. The highest BCUT2D eigenvalue weighted by molar-refractivity contribution is 7.99. The third-order valence-corrected chi connectivity index (χ3v) is 6.60. The summed E-state index contributed by atoms with van der Waals surface area (Å²) in [7, 11) is 0. The van der Waals surface area contributed by atoms with Crippen LogP contribution in [0, 0.1) is 6.92 Å². The van der Waals surface area contributed by atoms with Gasteiger partial charge >= 0.3 is 0 Å². The molecule has 0 saturated carbocycles. The third-order valence-electron chi connectivity index (χ3n) is 5.65. The summed E-state index contributed by atoms with van der Waals surface area (Å²) in [5.74, 6) is 1.54. The first-order chi connectivity index (χ1) is 16.9. The van der Waals surface area contributed by atoms with Crippen LogP contribution in [0.3, 0.4) is 0 Å². The summed E-state index contributed by atoms with van der Waals surface area (Å²) in [4.78, 5) is 26.6. The normalized spacial score (nSPS) is 12.9. The number of benzene rings is 2. The van der Waals surface area contributed by atoms with E-state index in [1.807, 2.05) is 35.8 Å². The van der Waals surface area contributed by atoms with Gasteiger partial charge in [0.05, 0.1) is 17.1 Å². The standard InChI is InChI=1S/C26H29N5O3S/c1-5-12-30-23(15-34-22-13-18(4)10-11-19(22)17(2)3)28-29-26(30)35-16-25(33)31-14-24(32)27-20-8-6-7-9-21(20)31/h5-11,13,17H,1,12,14-16H2,2-4H3,(H,27,32). The van der Waals surface area contributed by atoms with Gasteiger partial charge in [0.2, 0.25) is 11.8 Å². The number of amides is 2. The number of hydrogen-bond donors (Lipinski definition) is 1. The molecular weight excluding hydrogens is 462 g/mol. The Morgan fingerprint density at radius 1 is 1.26 bits per heavy atom. The van der Waals surface area contributed by atoms with E-state index in [0.29, 0.717) is 34.8 Å². The summed E-state index contributed by atoms with van der Waals surface area (Å²) < 4.78 is 8.05. The number of nitrogens with zero attached hydrogens (tertiary/aromatic N) is 4. The molecule has 0 atom stereocenters. The number of para-hydroxylation sites is 2. The third kappa shape index (κ3) is 5.57. The number of nitrogens with one attached hydrogen (secondary N) is 1. The SMILES string of the molecule is C=CCn1c(COc2cc(C)ccc2C(C)C)nnc1SCC(=O)N1CC(=O)Nc2ccccc21. The van der Waals surface area contributed by atoms with Crippen molar-refractivity contribution in [3.8, 4) is 5.75 Å². The van der Waals surface area contributed by atoms with Gasteiger partial charge in [-0.15, -0.1) is 16.8 Å². The van der Waals surface area contributed by atoms with Crippen molar-refractivity contribution in [1.82, 2.24) is 14.8 Å². The fourth-order valence-corrected chi connectivity index (χ4v) is 4.73. The van der Waals surface area contributed by atoms with Crippen LogP contribution in [-0.4, -0.2) is 38.9 Å². The van der Waals surface area contributed by atoms with Crippen molar-refractivity contribution in [3.05, 3.63) is 72.1 Å². The Kier molecular flexibility index (Phi) is 7.55. The van der Waals surface area contributed by atoms with Gasteiger partial charge in [-0.25, -0.2) is 0 Å². The van der Waals surface area contributed by atoms with Crippen LogP contribution >= 0.6 is 11.8 Å². The molecule has 2 amide bonds. The molecular formula is C26H29N5O3S. The number of carbonyl (C=O) groups is 2. The minimum atomic E-state index is -0.215. The maximum absolute atomic E-state index is 13.0. The topological polar surface area (TPSA) is 89.3 Å². The maximum Gasteiger partial charge on any atom is 0.244 e. The molecule has 0 fully saturated rings. The Balaban J connectivity index is 1.47. The Bertz CT molecular complexity index is 1250. The molecule has 0 saturated heterocycles. The maximum atomic E-state index is 13.0. The molecule has 2 aromatic carbocycles. The van der Waals surface area contributed by atoms with Crippen LogP contribution in [0.1, 0.15) is 36.7 Å². The van der Waals surface area contributed by atoms with Gasteiger partial charge in [-0.2, -0.15) is 0 Å².